The number of methoxy groups -OCH3 is 2. The Morgan fingerprint density at radius 1 is 0.803 bits per heavy atom. The van der Waals surface area contributed by atoms with Gasteiger partial charge in [0.1, 0.15) is 24.4 Å². The molecule has 4 atom stereocenters. The van der Waals surface area contributed by atoms with Crippen LogP contribution in [0.3, 0.4) is 0 Å². The van der Waals surface area contributed by atoms with E-state index in [1.165, 1.54) is 53.7 Å². The van der Waals surface area contributed by atoms with Gasteiger partial charge in [0.05, 0.1) is 32.9 Å². The molecule has 1 heterocycles. The molecule has 3 aromatic rings. The molecule has 3 aromatic carbocycles. The lowest BCUT2D eigenvalue weighted by Crippen LogP contribution is -2.52. The Balaban J connectivity index is 1.64. The first kappa shape index (κ1) is 47.5. The molecule has 0 radical (unpaired) electrons. The standard InChI is InChI=1S/C44H56N6O11/c1-30(42(45)57)46-43(58)34(23-32-13-7-5-8-14-32)24-38(53)36-29-61-44(35-17-11-12-18-37(35)52)50(36)41(56)28-48(20-22-60-4)39(54)27-49(25-33-15-9-6-10-16-33)40(55)26-47(31(2)51)19-21-59-3/h5-18,30,34,36,44,52H,19-29H2,1-4H3,(H2,45,57)(H,46,58)/t30-,34+,36?,44?/m0/s1. The summed E-state index contributed by atoms with van der Waals surface area (Å²) in [5, 5.41) is 13.4. The third kappa shape index (κ3) is 13.9. The van der Waals surface area contributed by atoms with E-state index < -0.39 is 72.6 Å². The summed E-state index contributed by atoms with van der Waals surface area (Å²) in [4.78, 5) is 99.8. The summed E-state index contributed by atoms with van der Waals surface area (Å²) in [6, 6.07) is 21.9. The van der Waals surface area contributed by atoms with Crippen molar-refractivity contribution >= 4 is 41.2 Å². The van der Waals surface area contributed by atoms with Crippen LogP contribution in [0.2, 0.25) is 0 Å². The number of rotatable bonds is 23. The normalized spacial score (nSPS) is 15.6. The topological polar surface area (TPSA) is 218 Å². The van der Waals surface area contributed by atoms with E-state index in [4.69, 9.17) is 19.9 Å². The summed E-state index contributed by atoms with van der Waals surface area (Å²) in [6.45, 7) is 1.41. The molecule has 6 amide bonds. The lowest BCUT2D eigenvalue weighted by molar-refractivity contribution is -0.149. The van der Waals surface area contributed by atoms with Crippen LogP contribution < -0.4 is 11.1 Å². The molecule has 0 spiro atoms. The Hall–Kier alpha value is -6.17. The highest BCUT2D eigenvalue weighted by molar-refractivity contribution is 5.96. The molecule has 4 rings (SSSR count). The molecule has 1 aliphatic rings. The van der Waals surface area contributed by atoms with Gasteiger partial charge in [-0.05, 0) is 30.5 Å². The fourth-order valence-electron chi connectivity index (χ4n) is 6.78. The number of para-hydroxylation sites is 1. The largest absolute Gasteiger partial charge is 0.507 e. The second kappa shape index (κ2) is 23.6. The van der Waals surface area contributed by atoms with Crippen LogP contribution in [0.4, 0.5) is 0 Å². The molecule has 0 aromatic heterocycles. The molecule has 2 unspecified atom stereocenters. The van der Waals surface area contributed by atoms with Crippen molar-refractivity contribution < 1.29 is 52.9 Å². The first-order valence-corrected chi connectivity index (χ1v) is 19.9. The van der Waals surface area contributed by atoms with Crippen molar-refractivity contribution in [2.75, 3.05) is 66.8 Å². The third-order valence-corrected chi connectivity index (χ3v) is 10.3. The summed E-state index contributed by atoms with van der Waals surface area (Å²) < 4.78 is 16.4. The summed E-state index contributed by atoms with van der Waals surface area (Å²) in [7, 11) is 2.90. The van der Waals surface area contributed by atoms with Crippen LogP contribution in [0.1, 0.15) is 43.2 Å². The highest BCUT2D eigenvalue weighted by atomic mass is 16.5. The summed E-state index contributed by atoms with van der Waals surface area (Å²) in [5.74, 6) is -5.27. The van der Waals surface area contributed by atoms with Crippen LogP contribution in [0.25, 0.3) is 0 Å². The minimum Gasteiger partial charge on any atom is -0.507 e. The number of ether oxygens (including phenoxy) is 3. The zero-order chi connectivity index (χ0) is 44.5. The number of carbonyl (C=O) groups is 7. The average molecular weight is 845 g/mol. The number of hydrogen-bond donors (Lipinski definition) is 3. The third-order valence-electron chi connectivity index (χ3n) is 10.3. The zero-order valence-corrected chi connectivity index (χ0v) is 35.1. The zero-order valence-electron chi connectivity index (χ0n) is 35.1. The number of benzene rings is 3. The van der Waals surface area contributed by atoms with Gasteiger partial charge in [0.25, 0.3) is 0 Å². The van der Waals surface area contributed by atoms with E-state index in [1.807, 2.05) is 12.1 Å². The van der Waals surface area contributed by atoms with Crippen LogP contribution in [0.5, 0.6) is 5.75 Å². The lowest BCUT2D eigenvalue weighted by Gasteiger charge is -2.33. The Morgan fingerprint density at radius 3 is 1.95 bits per heavy atom. The number of carbonyl (C=O) groups excluding carboxylic acids is 7. The van der Waals surface area contributed by atoms with Gasteiger partial charge in [-0.2, -0.15) is 0 Å². The van der Waals surface area contributed by atoms with Gasteiger partial charge in [-0.15, -0.1) is 0 Å². The van der Waals surface area contributed by atoms with Crippen molar-refractivity contribution in [2.45, 2.75) is 51.5 Å². The molecular weight excluding hydrogens is 789 g/mol. The first-order valence-electron chi connectivity index (χ1n) is 19.9. The van der Waals surface area contributed by atoms with Gasteiger partial charge in [-0.1, -0.05) is 78.9 Å². The van der Waals surface area contributed by atoms with Gasteiger partial charge in [-0.25, -0.2) is 0 Å². The summed E-state index contributed by atoms with van der Waals surface area (Å²) in [6.07, 6.45) is -1.48. The van der Waals surface area contributed by atoms with Crippen molar-refractivity contribution in [2.24, 2.45) is 11.7 Å². The number of Topliss-reactive ketones (excluding diaryl/α,β-unsaturated/α-hetero) is 1. The van der Waals surface area contributed by atoms with Gasteiger partial charge in [0.2, 0.25) is 35.4 Å². The number of hydrogen-bond acceptors (Lipinski definition) is 11. The SMILES string of the molecule is COCCN(CC(=O)N(CC(=O)N(CCOC)CC(=O)N1C(C(=O)C[C@@H](Cc2ccccc2)C(=O)N[C@@H](C)C(N)=O)COC1c1ccccc1O)Cc1ccccc1)C(C)=O. The maximum Gasteiger partial charge on any atom is 0.245 e. The summed E-state index contributed by atoms with van der Waals surface area (Å²) >= 11 is 0. The van der Waals surface area contributed by atoms with Crippen molar-refractivity contribution in [1.82, 2.24) is 24.9 Å². The number of nitrogens with two attached hydrogens (primary N) is 1. The molecule has 4 N–H and O–H groups in total. The predicted molar refractivity (Wildman–Crippen MR) is 222 cm³/mol. The van der Waals surface area contributed by atoms with E-state index in [-0.39, 0.29) is 76.1 Å². The molecule has 0 aliphatic carbocycles. The molecule has 17 nitrogen and oxygen atoms in total. The molecule has 328 valence electrons. The van der Waals surface area contributed by atoms with E-state index in [0.717, 1.165) is 11.1 Å². The van der Waals surface area contributed by atoms with Crippen molar-refractivity contribution in [3.05, 3.63) is 102 Å². The van der Waals surface area contributed by atoms with Crippen molar-refractivity contribution in [3.63, 3.8) is 0 Å². The monoisotopic (exact) mass is 844 g/mol. The van der Waals surface area contributed by atoms with Crippen LogP contribution in [0, 0.1) is 5.92 Å². The molecule has 17 heteroatoms. The number of amides is 6. The van der Waals surface area contributed by atoms with E-state index in [1.54, 1.807) is 66.7 Å². The maximum atomic E-state index is 14.6. The van der Waals surface area contributed by atoms with Gasteiger partial charge < -0.3 is 45.1 Å². The van der Waals surface area contributed by atoms with Crippen LogP contribution in [-0.2, 0) is 60.7 Å². The first-order chi connectivity index (χ1) is 29.2. The van der Waals surface area contributed by atoms with Crippen molar-refractivity contribution in [3.8, 4) is 5.75 Å². The number of phenols is 1. The Bertz CT molecular complexity index is 1970. The van der Waals surface area contributed by atoms with E-state index in [9.17, 15) is 38.7 Å². The fourth-order valence-corrected chi connectivity index (χ4v) is 6.78. The highest BCUT2D eigenvalue weighted by Crippen LogP contribution is 2.36. The fraction of sp³-hybridized carbons (Fsp3) is 0.432. The molecule has 0 saturated carbocycles. The van der Waals surface area contributed by atoms with Gasteiger partial charge in [0.15, 0.2) is 12.0 Å². The number of aromatic hydroxyl groups is 1. The Kier molecular flexibility index (Phi) is 18.4. The van der Waals surface area contributed by atoms with Gasteiger partial charge >= 0.3 is 0 Å². The molecule has 1 fully saturated rings. The second-order valence-electron chi connectivity index (χ2n) is 14.7. The number of primary amides is 1. The number of ketones is 1. The number of nitrogens with one attached hydrogen (secondary N) is 1. The second-order valence-corrected chi connectivity index (χ2v) is 14.7. The lowest BCUT2D eigenvalue weighted by atomic mass is 9.91. The minimum absolute atomic E-state index is 0.0164. The molecular formula is C44H56N6O11. The smallest absolute Gasteiger partial charge is 0.245 e. The molecule has 0 bridgehead atoms. The minimum atomic E-state index is -1.25. The van der Waals surface area contributed by atoms with Crippen LogP contribution >= 0.6 is 0 Å². The molecule has 1 aliphatic heterocycles. The highest BCUT2D eigenvalue weighted by Gasteiger charge is 2.45. The van der Waals surface area contributed by atoms with E-state index in [2.05, 4.69) is 5.32 Å². The quantitative estimate of drug-likeness (QED) is 0.124. The summed E-state index contributed by atoms with van der Waals surface area (Å²) in [5.41, 5.74) is 7.07. The Labute approximate surface area is 355 Å². The number of nitrogens with zero attached hydrogens (tertiary/aromatic N) is 4. The van der Waals surface area contributed by atoms with Gasteiger partial charge in [0, 0.05) is 58.7 Å². The molecule has 1 saturated heterocycles. The van der Waals surface area contributed by atoms with Crippen LogP contribution in [-0.4, -0.2) is 145 Å². The molecule has 61 heavy (non-hydrogen) atoms. The Morgan fingerprint density at radius 2 is 1.36 bits per heavy atom. The van der Waals surface area contributed by atoms with Crippen LogP contribution in [0.15, 0.2) is 84.9 Å². The predicted octanol–water partition coefficient (Wildman–Crippen LogP) is 1.43. The van der Waals surface area contributed by atoms with Crippen molar-refractivity contribution in [1.29, 1.82) is 0 Å². The maximum absolute atomic E-state index is 14.6. The van der Waals surface area contributed by atoms with E-state index in [0.29, 0.717) is 0 Å². The average Bonchev–Trinajstić information content (AvgIpc) is 3.69. The number of phenolic OH excluding ortho intramolecular Hbond substituents is 1. The van der Waals surface area contributed by atoms with E-state index >= 15 is 0 Å². The van der Waals surface area contributed by atoms with Gasteiger partial charge in [-0.3, -0.25) is 38.5 Å².